The summed E-state index contributed by atoms with van der Waals surface area (Å²) in [7, 11) is 1.34. The van der Waals surface area contributed by atoms with Gasteiger partial charge < -0.3 is 15.0 Å². The van der Waals surface area contributed by atoms with Crippen LogP contribution in [0.25, 0.3) is 0 Å². The number of esters is 1. The molecule has 0 aliphatic heterocycles. The van der Waals surface area contributed by atoms with Gasteiger partial charge in [0.1, 0.15) is 12.4 Å². The molecule has 1 aromatic heterocycles. The molecular weight excluding hydrogens is 146 g/mol. The Kier molecular flexibility index (Phi) is 2.48. The van der Waals surface area contributed by atoms with Gasteiger partial charge in [-0.15, -0.1) is 0 Å². The summed E-state index contributed by atoms with van der Waals surface area (Å²) in [4.78, 5) is 17.1. The van der Waals surface area contributed by atoms with Crippen LogP contribution in [0.1, 0.15) is 0 Å². The minimum absolute atomic E-state index is 0.151. The Morgan fingerprint density at radius 1 is 1.91 bits per heavy atom. The first kappa shape index (κ1) is 7.59. The summed E-state index contributed by atoms with van der Waals surface area (Å²) in [5.41, 5.74) is 0. The van der Waals surface area contributed by atoms with Crippen molar-refractivity contribution in [2.75, 3.05) is 19.0 Å². The highest BCUT2D eigenvalue weighted by Crippen LogP contribution is 1.95. The van der Waals surface area contributed by atoms with Gasteiger partial charge in [0.25, 0.3) is 0 Å². The molecular formula is C6H9N3O2. The Morgan fingerprint density at radius 3 is 3.27 bits per heavy atom. The second-order valence-electron chi connectivity index (χ2n) is 1.89. The molecule has 2 N–H and O–H groups in total. The Morgan fingerprint density at radius 2 is 2.73 bits per heavy atom. The highest BCUT2D eigenvalue weighted by atomic mass is 16.5. The van der Waals surface area contributed by atoms with Gasteiger partial charge in [-0.05, 0) is 0 Å². The zero-order chi connectivity index (χ0) is 8.10. The lowest BCUT2D eigenvalue weighted by atomic mass is 10.6. The van der Waals surface area contributed by atoms with Crippen molar-refractivity contribution in [3.8, 4) is 0 Å². The van der Waals surface area contributed by atoms with E-state index in [1.54, 1.807) is 6.20 Å². The fourth-order valence-corrected chi connectivity index (χ4v) is 0.592. The van der Waals surface area contributed by atoms with Gasteiger partial charge in [0.2, 0.25) is 0 Å². The molecule has 5 heteroatoms. The van der Waals surface area contributed by atoms with E-state index < -0.39 is 0 Å². The summed E-state index contributed by atoms with van der Waals surface area (Å²) in [5, 5.41) is 2.78. The van der Waals surface area contributed by atoms with Crippen molar-refractivity contribution in [2.45, 2.75) is 0 Å². The Hall–Kier alpha value is -1.52. The lowest BCUT2D eigenvalue weighted by Crippen LogP contribution is -2.14. The second-order valence-corrected chi connectivity index (χ2v) is 1.89. The van der Waals surface area contributed by atoms with Crippen molar-refractivity contribution < 1.29 is 9.53 Å². The predicted octanol–water partition coefficient (Wildman–Crippen LogP) is -0.00540. The molecule has 11 heavy (non-hydrogen) atoms. The standard InChI is InChI=1S/C6H9N3O2/c1-11-6(10)3-8-5-2-7-4-9-5/h2,4,8H,3H2,1H3,(H,7,9). The number of nitrogens with one attached hydrogen (secondary N) is 2. The van der Waals surface area contributed by atoms with Crippen LogP contribution in [0.5, 0.6) is 0 Å². The number of hydrogen-bond acceptors (Lipinski definition) is 4. The van der Waals surface area contributed by atoms with Crippen LogP contribution in [0, 0.1) is 0 Å². The maximum atomic E-state index is 10.6. The molecule has 1 heterocycles. The van der Waals surface area contributed by atoms with Crippen molar-refractivity contribution in [1.29, 1.82) is 0 Å². The monoisotopic (exact) mass is 155 g/mol. The van der Waals surface area contributed by atoms with E-state index in [-0.39, 0.29) is 12.5 Å². The number of aromatic nitrogens is 2. The highest BCUT2D eigenvalue weighted by molar-refractivity contribution is 5.74. The lowest BCUT2D eigenvalue weighted by molar-refractivity contribution is -0.138. The molecule has 5 nitrogen and oxygen atoms in total. The van der Waals surface area contributed by atoms with E-state index in [1.807, 2.05) is 0 Å². The largest absolute Gasteiger partial charge is 0.468 e. The van der Waals surface area contributed by atoms with Crippen molar-refractivity contribution >= 4 is 11.8 Å². The number of methoxy groups -OCH3 is 1. The Labute approximate surface area is 63.8 Å². The number of ether oxygens (including phenoxy) is 1. The van der Waals surface area contributed by atoms with Crippen LogP contribution in [0.4, 0.5) is 5.82 Å². The quantitative estimate of drug-likeness (QED) is 0.602. The summed E-state index contributed by atoms with van der Waals surface area (Å²) in [6.07, 6.45) is 3.11. The topological polar surface area (TPSA) is 67.0 Å². The van der Waals surface area contributed by atoms with Gasteiger partial charge in [0, 0.05) is 0 Å². The SMILES string of the molecule is COC(=O)CNc1cnc[nH]1. The van der Waals surface area contributed by atoms with Gasteiger partial charge in [-0.25, -0.2) is 4.98 Å². The molecule has 0 aliphatic carbocycles. The first-order chi connectivity index (χ1) is 5.33. The van der Waals surface area contributed by atoms with Crippen molar-refractivity contribution in [3.63, 3.8) is 0 Å². The van der Waals surface area contributed by atoms with Crippen LogP contribution in [-0.2, 0) is 9.53 Å². The number of carbonyl (C=O) groups is 1. The first-order valence-corrected chi connectivity index (χ1v) is 3.12. The zero-order valence-corrected chi connectivity index (χ0v) is 6.13. The third-order valence-corrected chi connectivity index (χ3v) is 1.15. The Balaban J connectivity index is 2.29. The van der Waals surface area contributed by atoms with E-state index in [2.05, 4.69) is 20.0 Å². The second kappa shape index (κ2) is 3.60. The number of nitrogens with zero attached hydrogens (tertiary/aromatic N) is 1. The molecule has 1 rings (SSSR count). The number of imidazole rings is 1. The maximum absolute atomic E-state index is 10.6. The number of aromatic amines is 1. The molecule has 60 valence electrons. The van der Waals surface area contributed by atoms with Crippen LogP contribution < -0.4 is 5.32 Å². The summed E-state index contributed by atoms with van der Waals surface area (Å²) >= 11 is 0. The number of rotatable bonds is 3. The smallest absolute Gasteiger partial charge is 0.325 e. The first-order valence-electron chi connectivity index (χ1n) is 3.12. The van der Waals surface area contributed by atoms with E-state index in [4.69, 9.17) is 0 Å². The van der Waals surface area contributed by atoms with Crippen molar-refractivity contribution in [1.82, 2.24) is 9.97 Å². The third kappa shape index (κ3) is 2.29. The molecule has 0 fully saturated rings. The number of H-pyrrole nitrogens is 1. The Bertz CT molecular complexity index is 220. The van der Waals surface area contributed by atoms with Crippen molar-refractivity contribution in [3.05, 3.63) is 12.5 Å². The van der Waals surface area contributed by atoms with Gasteiger partial charge in [0.15, 0.2) is 0 Å². The summed E-state index contributed by atoms with van der Waals surface area (Å²) in [5.74, 6) is 0.398. The van der Waals surface area contributed by atoms with E-state index in [0.717, 1.165) is 0 Å². The third-order valence-electron chi connectivity index (χ3n) is 1.15. The molecule has 0 unspecified atom stereocenters. The van der Waals surface area contributed by atoms with Crippen LogP contribution >= 0.6 is 0 Å². The maximum Gasteiger partial charge on any atom is 0.325 e. The molecule has 0 saturated heterocycles. The molecule has 0 saturated carbocycles. The zero-order valence-electron chi connectivity index (χ0n) is 6.13. The van der Waals surface area contributed by atoms with Crippen LogP contribution in [0.15, 0.2) is 12.5 Å². The minimum Gasteiger partial charge on any atom is -0.468 e. The van der Waals surface area contributed by atoms with Gasteiger partial charge in [0.05, 0.1) is 19.6 Å². The van der Waals surface area contributed by atoms with E-state index in [0.29, 0.717) is 5.82 Å². The molecule has 0 atom stereocenters. The number of hydrogen-bond donors (Lipinski definition) is 2. The van der Waals surface area contributed by atoms with Gasteiger partial charge in [-0.1, -0.05) is 0 Å². The van der Waals surface area contributed by atoms with E-state index in [1.165, 1.54) is 13.4 Å². The highest BCUT2D eigenvalue weighted by Gasteiger charge is 1.98. The molecule has 1 aromatic rings. The van der Waals surface area contributed by atoms with Gasteiger partial charge in [-0.3, -0.25) is 4.79 Å². The fraction of sp³-hybridized carbons (Fsp3) is 0.333. The van der Waals surface area contributed by atoms with Crippen LogP contribution in [-0.4, -0.2) is 29.6 Å². The normalized spacial score (nSPS) is 9.18. The van der Waals surface area contributed by atoms with Crippen LogP contribution in [0.2, 0.25) is 0 Å². The molecule has 0 bridgehead atoms. The summed E-state index contributed by atoms with van der Waals surface area (Å²) < 4.78 is 4.41. The number of carbonyl (C=O) groups excluding carboxylic acids is 1. The average Bonchev–Trinajstić information content (AvgIpc) is 2.52. The fourth-order valence-electron chi connectivity index (χ4n) is 0.592. The van der Waals surface area contributed by atoms with Gasteiger partial charge in [-0.2, -0.15) is 0 Å². The summed E-state index contributed by atoms with van der Waals surface area (Å²) in [6.45, 7) is 0.151. The van der Waals surface area contributed by atoms with Gasteiger partial charge >= 0.3 is 5.97 Å². The van der Waals surface area contributed by atoms with Crippen LogP contribution in [0.3, 0.4) is 0 Å². The molecule has 0 amide bonds. The average molecular weight is 155 g/mol. The van der Waals surface area contributed by atoms with Crippen molar-refractivity contribution in [2.24, 2.45) is 0 Å². The number of anilines is 1. The lowest BCUT2D eigenvalue weighted by Gasteiger charge is -1.99. The molecule has 0 radical (unpaired) electrons. The molecule has 0 spiro atoms. The minimum atomic E-state index is -0.306. The molecule has 0 aromatic carbocycles. The molecule has 0 aliphatic rings. The predicted molar refractivity (Wildman–Crippen MR) is 39.1 cm³/mol. The summed E-state index contributed by atoms with van der Waals surface area (Å²) in [6, 6.07) is 0. The van der Waals surface area contributed by atoms with E-state index >= 15 is 0 Å². The van der Waals surface area contributed by atoms with E-state index in [9.17, 15) is 4.79 Å².